The lowest BCUT2D eigenvalue weighted by Gasteiger charge is -2.04. The van der Waals surface area contributed by atoms with Crippen LogP contribution >= 0.6 is 38.6 Å². The van der Waals surface area contributed by atoms with E-state index in [1.54, 1.807) is 18.3 Å². The molecule has 0 unspecified atom stereocenters. The molecule has 0 aliphatic carbocycles. The minimum absolute atomic E-state index is 0.204. The molecule has 2 heterocycles. The van der Waals surface area contributed by atoms with Crippen molar-refractivity contribution >= 4 is 50.6 Å². The molecule has 112 valence electrons. The normalized spacial score (nSPS) is 10.4. The van der Waals surface area contributed by atoms with Crippen LogP contribution in [0.3, 0.4) is 0 Å². The van der Waals surface area contributed by atoms with E-state index in [4.69, 9.17) is 5.11 Å². The van der Waals surface area contributed by atoms with Gasteiger partial charge in [0.1, 0.15) is 9.88 Å². The predicted molar refractivity (Wildman–Crippen MR) is 84.9 cm³/mol. The van der Waals surface area contributed by atoms with Crippen molar-refractivity contribution in [3.8, 4) is 0 Å². The summed E-state index contributed by atoms with van der Waals surface area (Å²) in [6.45, 7) is 2.29. The third-order valence-electron chi connectivity index (χ3n) is 2.48. The fourth-order valence-electron chi connectivity index (χ4n) is 1.56. The molecule has 2 rings (SSSR count). The number of thiophene rings is 1. The fraction of sp³-hybridized carbons (Fsp3) is 0.250. The topological polar surface area (TPSA) is 91.3 Å². The number of urea groups is 1. The molecule has 0 aliphatic heterocycles. The molecule has 6 nitrogen and oxygen atoms in total. The summed E-state index contributed by atoms with van der Waals surface area (Å²) in [7, 11) is 0. The van der Waals surface area contributed by atoms with Gasteiger partial charge in [0.05, 0.1) is 18.8 Å². The van der Waals surface area contributed by atoms with Crippen LogP contribution in [0.15, 0.2) is 15.9 Å². The number of halogens is 1. The molecule has 0 radical (unpaired) electrons. The van der Waals surface area contributed by atoms with Crippen molar-refractivity contribution in [2.75, 3.05) is 0 Å². The number of rotatable bonds is 5. The molecule has 0 saturated heterocycles. The number of aryl methyl sites for hydroxylation is 1. The van der Waals surface area contributed by atoms with Crippen molar-refractivity contribution in [1.82, 2.24) is 15.6 Å². The van der Waals surface area contributed by atoms with Crippen LogP contribution in [0.4, 0.5) is 4.79 Å². The van der Waals surface area contributed by atoms with Crippen LogP contribution in [-0.4, -0.2) is 22.1 Å². The minimum atomic E-state index is -0.996. The van der Waals surface area contributed by atoms with E-state index in [1.807, 2.05) is 11.4 Å². The van der Waals surface area contributed by atoms with Crippen LogP contribution in [0.1, 0.15) is 25.3 Å². The average molecular weight is 390 g/mol. The fourth-order valence-corrected chi connectivity index (χ4v) is 3.79. The SMILES string of the molecule is Cc1nc(CNC(=O)NCc2cc(Br)cs2)sc1C(=O)O. The molecule has 0 spiro atoms. The zero-order chi connectivity index (χ0) is 15.4. The van der Waals surface area contributed by atoms with Crippen LogP contribution < -0.4 is 10.6 Å². The first kappa shape index (κ1) is 15.9. The van der Waals surface area contributed by atoms with Crippen molar-refractivity contribution in [1.29, 1.82) is 0 Å². The molecule has 9 heteroatoms. The van der Waals surface area contributed by atoms with Crippen molar-refractivity contribution in [2.24, 2.45) is 0 Å². The maximum absolute atomic E-state index is 11.7. The summed E-state index contributed by atoms with van der Waals surface area (Å²) in [6, 6.07) is 1.62. The number of carboxylic acids is 1. The highest BCUT2D eigenvalue weighted by atomic mass is 79.9. The van der Waals surface area contributed by atoms with Gasteiger partial charge in [-0.05, 0) is 28.9 Å². The summed E-state index contributed by atoms with van der Waals surface area (Å²) in [5.74, 6) is -0.996. The third kappa shape index (κ3) is 4.51. The Morgan fingerprint density at radius 3 is 2.67 bits per heavy atom. The van der Waals surface area contributed by atoms with Crippen LogP contribution in [0.2, 0.25) is 0 Å². The molecule has 2 aromatic heterocycles. The molecule has 0 bridgehead atoms. The van der Waals surface area contributed by atoms with Crippen molar-refractivity contribution < 1.29 is 14.7 Å². The van der Waals surface area contributed by atoms with Crippen LogP contribution in [0, 0.1) is 6.92 Å². The van der Waals surface area contributed by atoms with E-state index < -0.39 is 5.97 Å². The summed E-state index contributed by atoms with van der Waals surface area (Å²) in [5.41, 5.74) is 0.466. The summed E-state index contributed by atoms with van der Waals surface area (Å²) < 4.78 is 0.990. The van der Waals surface area contributed by atoms with E-state index in [9.17, 15) is 9.59 Å². The largest absolute Gasteiger partial charge is 0.477 e. The van der Waals surface area contributed by atoms with Gasteiger partial charge in [-0.1, -0.05) is 0 Å². The molecule has 0 aromatic carbocycles. The number of carbonyl (C=O) groups is 2. The van der Waals surface area contributed by atoms with E-state index in [1.165, 1.54) is 0 Å². The lowest BCUT2D eigenvalue weighted by molar-refractivity contribution is 0.0701. The van der Waals surface area contributed by atoms with Gasteiger partial charge in [0.2, 0.25) is 0 Å². The number of hydrogen-bond donors (Lipinski definition) is 3. The van der Waals surface area contributed by atoms with Gasteiger partial charge in [0.25, 0.3) is 0 Å². The summed E-state index contributed by atoms with van der Waals surface area (Å²) >= 11 is 5.97. The smallest absolute Gasteiger partial charge is 0.347 e. The van der Waals surface area contributed by atoms with E-state index in [-0.39, 0.29) is 17.5 Å². The Kier molecular flexibility index (Phi) is 5.32. The number of amides is 2. The zero-order valence-electron chi connectivity index (χ0n) is 11.0. The highest BCUT2D eigenvalue weighted by Gasteiger charge is 2.14. The number of nitrogens with one attached hydrogen (secondary N) is 2. The van der Waals surface area contributed by atoms with Crippen LogP contribution in [0.5, 0.6) is 0 Å². The monoisotopic (exact) mass is 389 g/mol. The minimum Gasteiger partial charge on any atom is -0.477 e. The molecule has 2 aromatic rings. The maximum Gasteiger partial charge on any atom is 0.347 e. The average Bonchev–Trinajstić information content (AvgIpc) is 3.00. The molecule has 0 atom stereocenters. The first-order chi connectivity index (χ1) is 9.95. The second kappa shape index (κ2) is 7.01. The summed E-state index contributed by atoms with van der Waals surface area (Å²) in [5, 5.41) is 16.8. The summed E-state index contributed by atoms with van der Waals surface area (Å²) in [6.07, 6.45) is 0. The van der Waals surface area contributed by atoms with E-state index in [2.05, 4.69) is 31.5 Å². The number of carbonyl (C=O) groups excluding carboxylic acids is 1. The van der Waals surface area contributed by atoms with Gasteiger partial charge in [-0.2, -0.15) is 0 Å². The lowest BCUT2D eigenvalue weighted by atomic mass is 10.4. The van der Waals surface area contributed by atoms with Crippen LogP contribution in [-0.2, 0) is 13.1 Å². The van der Waals surface area contributed by atoms with E-state index >= 15 is 0 Å². The van der Waals surface area contributed by atoms with Gasteiger partial charge in [-0.3, -0.25) is 0 Å². The summed E-state index contributed by atoms with van der Waals surface area (Å²) in [4.78, 5) is 27.9. The number of nitrogens with zero attached hydrogens (tertiary/aromatic N) is 1. The Balaban J connectivity index is 1.81. The first-order valence-corrected chi connectivity index (χ1v) is 8.39. The Bertz CT molecular complexity index is 669. The molecular weight excluding hydrogens is 378 g/mol. The Labute approximate surface area is 137 Å². The molecule has 2 amide bonds. The molecule has 3 N–H and O–H groups in total. The Morgan fingerprint density at radius 2 is 2.10 bits per heavy atom. The molecular formula is C12H12BrN3O3S2. The van der Waals surface area contributed by atoms with Crippen molar-refractivity contribution in [3.63, 3.8) is 0 Å². The molecule has 21 heavy (non-hydrogen) atoms. The lowest BCUT2D eigenvalue weighted by Crippen LogP contribution is -2.34. The number of carboxylic acid groups (broad SMARTS) is 1. The van der Waals surface area contributed by atoms with Gasteiger partial charge in [0.15, 0.2) is 0 Å². The van der Waals surface area contributed by atoms with Gasteiger partial charge >= 0.3 is 12.0 Å². The number of hydrogen-bond acceptors (Lipinski definition) is 5. The predicted octanol–water partition coefficient (Wildman–Crippen LogP) is 2.97. The first-order valence-electron chi connectivity index (χ1n) is 5.90. The van der Waals surface area contributed by atoms with E-state index in [0.29, 0.717) is 17.2 Å². The number of thiazole rings is 1. The standard InChI is InChI=1S/C12H12BrN3O3S2/c1-6-10(11(17)18)21-9(16-6)4-15-12(19)14-3-8-2-7(13)5-20-8/h2,5H,3-4H2,1H3,(H,17,18)(H2,14,15,19). The highest BCUT2D eigenvalue weighted by molar-refractivity contribution is 9.10. The van der Waals surface area contributed by atoms with Crippen molar-refractivity contribution in [2.45, 2.75) is 20.0 Å². The molecule has 0 saturated carbocycles. The van der Waals surface area contributed by atoms with Gasteiger partial charge in [-0.25, -0.2) is 14.6 Å². The second-order valence-electron chi connectivity index (χ2n) is 4.09. The quantitative estimate of drug-likeness (QED) is 0.732. The van der Waals surface area contributed by atoms with Crippen molar-refractivity contribution in [3.05, 3.63) is 36.4 Å². The third-order valence-corrected chi connectivity index (χ3v) is 5.32. The molecule has 0 fully saturated rings. The second-order valence-corrected chi connectivity index (χ2v) is 7.09. The zero-order valence-corrected chi connectivity index (χ0v) is 14.2. The Morgan fingerprint density at radius 1 is 1.38 bits per heavy atom. The molecule has 0 aliphatic rings. The number of aromatic carboxylic acids is 1. The Hall–Kier alpha value is -1.45. The van der Waals surface area contributed by atoms with Gasteiger partial charge in [-0.15, -0.1) is 22.7 Å². The highest BCUT2D eigenvalue weighted by Crippen LogP contribution is 2.19. The van der Waals surface area contributed by atoms with Gasteiger partial charge < -0.3 is 15.7 Å². The van der Waals surface area contributed by atoms with Gasteiger partial charge in [0, 0.05) is 14.7 Å². The maximum atomic E-state index is 11.7. The number of aromatic nitrogens is 1. The van der Waals surface area contributed by atoms with Crippen LogP contribution in [0.25, 0.3) is 0 Å². The van der Waals surface area contributed by atoms with E-state index in [0.717, 1.165) is 20.7 Å².